The molecule has 0 radical (unpaired) electrons. The third-order valence-electron chi connectivity index (χ3n) is 2.75. The predicted octanol–water partition coefficient (Wildman–Crippen LogP) is 2.93. The Morgan fingerprint density at radius 1 is 1.24 bits per heavy atom. The lowest BCUT2D eigenvalue weighted by Gasteiger charge is -2.07. The van der Waals surface area contributed by atoms with Crippen molar-refractivity contribution in [2.75, 3.05) is 0 Å². The second-order valence-electron chi connectivity index (χ2n) is 4.22. The highest BCUT2D eigenvalue weighted by Gasteiger charge is 2.15. The summed E-state index contributed by atoms with van der Waals surface area (Å²) in [4.78, 5) is 21.3. The lowest BCUT2D eigenvalue weighted by Crippen LogP contribution is -2.10. The number of carbonyl (C=O) groups excluding carboxylic acids is 1. The molecule has 108 valence electrons. The zero-order valence-corrected chi connectivity index (χ0v) is 11.5. The molecule has 0 unspecified atom stereocenters. The zero-order chi connectivity index (χ0) is 15.4. The van der Waals surface area contributed by atoms with Crippen molar-refractivity contribution in [3.8, 4) is 5.75 Å². The molecule has 0 heterocycles. The van der Waals surface area contributed by atoms with E-state index in [1.54, 1.807) is 24.3 Å². The minimum atomic E-state index is -0.540. The number of hydrogen-bond donors (Lipinski definition) is 1. The zero-order valence-electron chi connectivity index (χ0n) is 10.8. The minimum absolute atomic E-state index is 0.0893. The van der Waals surface area contributed by atoms with Gasteiger partial charge in [-0.3, -0.25) is 14.9 Å². The summed E-state index contributed by atoms with van der Waals surface area (Å²) in [5, 5.41) is 11.2. The molecule has 21 heavy (non-hydrogen) atoms. The summed E-state index contributed by atoms with van der Waals surface area (Å²) in [6, 6.07) is 10.5. The number of nitrogens with zero attached hydrogens (tertiary/aromatic N) is 1. The molecule has 0 aliphatic heterocycles. The SMILES string of the molecule is NC(=O)c1ccc(COc2cc(Cl)ccc2[N+](=O)[O-])cc1. The highest BCUT2D eigenvalue weighted by atomic mass is 35.5. The van der Waals surface area contributed by atoms with Gasteiger partial charge in [-0.05, 0) is 23.8 Å². The van der Waals surface area contributed by atoms with E-state index in [-0.39, 0.29) is 18.0 Å². The largest absolute Gasteiger partial charge is 0.482 e. The number of carbonyl (C=O) groups is 1. The van der Waals surface area contributed by atoms with Crippen LogP contribution in [0.2, 0.25) is 5.02 Å². The van der Waals surface area contributed by atoms with E-state index >= 15 is 0 Å². The molecular weight excluding hydrogens is 296 g/mol. The normalized spacial score (nSPS) is 10.1. The van der Waals surface area contributed by atoms with Gasteiger partial charge < -0.3 is 10.5 Å². The number of nitrogens with two attached hydrogens (primary N) is 1. The molecule has 0 bridgehead atoms. The minimum Gasteiger partial charge on any atom is -0.482 e. The highest BCUT2D eigenvalue weighted by molar-refractivity contribution is 6.30. The Balaban J connectivity index is 2.14. The highest BCUT2D eigenvalue weighted by Crippen LogP contribution is 2.30. The molecule has 0 atom stereocenters. The molecule has 1 amide bonds. The first-order chi connectivity index (χ1) is 9.97. The Hall–Kier alpha value is -2.60. The maximum Gasteiger partial charge on any atom is 0.311 e. The van der Waals surface area contributed by atoms with E-state index in [0.29, 0.717) is 10.6 Å². The van der Waals surface area contributed by atoms with Crippen molar-refractivity contribution in [3.63, 3.8) is 0 Å². The average molecular weight is 307 g/mol. The molecular formula is C14H11ClN2O4. The van der Waals surface area contributed by atoms with Crippen LogP contribution in [0.3, 0.4) is 0 Å². The van der Waals surface area contributed by atoms with Gasteiger partial charge in [0, 0.05) is 22.7 Å². The van der Waals surface area contributed by atoms with Gasteiger partial charge in [0.05, 0.1) is 4.92 Å². The van der Waals surface area contributed by atoms with Crippen molar-refractivity contribution in [3.05, 3.63) is 68.7 Å². The van der Waals surface area contributed by atoms with Crippen LogP contribution >= 0.6 is 11.6 Å². The molecule has 6 nitrogen and oxygen atoms in total. The molecule has 0 aliphatic carbocycles. The Labute approximate surface area is 125 Å². The first-order valence-electron chi connectivity index (χ1n) is 5.93. The fraction of sp³-hybridized carbons (Fsp3) is 0.0714. The van der Waals surface area contributed by atoms with Gasteiger partial charge in [-0.1, -0.05) is 23.7 Å². The van der Waals surface area contributed by atoms with E-state index in [4.69, 9.17) is 22.1 Å². The number of primary amides is 1. The summed E-state index contributed by atoms with van der Waals surface area (Å²) in [7, 11) is 0. The monoisotopic (exact) mass is 306 g/mol. The summed E-state index contributed by atoms with van der Waals surface area (Å²) in [5.41, 5.74) is 6.11. The van der Waals surface area contributed by atoms with E-state index in [1.165, 1.54) is 18.2 Å². The van der Waals surface area contributed by atoms with Gasteiger partial charge >= 0.3 is 5.69 Å². The van der Waals surface area contributed by atoms with Gasteiger partial charge in [0.1, 0.15) is 6.61 Å². The fourth-order valence-electron chi connectivity index (χ4n) is 1.68. The van der Waals surface area contributed by atoms with E-state index < -0.39 is 10.8 Å². The summed E-state index contributed by atoms with van der Waals surface area (Å²) in [6.45, 7) is 0.111. The number of hydrogen-bond acceptors (Lipinski definition) is 4. The van der Waals surface area contributed by atoms with Crippen molar-refractivity contribution >= 4 is 23.2 Å². The average Bonchev–Trinajstić information content (AvgIpc) is 2.45. The molecule has 0 aliphatic rings. The van der Waals surface area contributed by atoms with Gasteiger partial charge in [-0.2, -0.15) is 0 Å². The van der Waals surface area contributed by atoms with Crippen LogP contribution in [0.5, 0.6) is 5.75 Å². The number of amides is 1. The van der Waals surface area contributed by atoms with Gasteiger partial charge in [-0.25, -0.2) is 0 Å². The van der Waals surface area contributed by atoms with Crippen molar-refractivity contribution in [2.24, 2.45) is 5.73 Å². The Morgan fingerprint density at radius 2 is 1.90 bits per heavy atom. The van der Waals surface area contributed by atoms with E-state index in [9.17, 15) is 14.9 Å². The molecule has 0 spiro atoms. The molecule has 2 rings (SSSR count). The second kappa shape index (κ2) is 6.23. The summed E-state index contributed by atoms with van der Waals surface area (Å²) in [5.74, 6) is -0.431. The standard InChI is InChI=1S/C14H11ClN2O4/c15-11-5-6-12(17(19)20)13(7-11)21-8-9-1-3-10(4-2-9)14(16)18/h1-7H,8H2,(H2,16,18). The first-order valence-corrected chi connectivity index (χ1v) is 6.30. The molecule has 0 saturated heterocycles. The van der Waals surface area contributed by atoms with Crippen molar-refractivity contribution in [1.82, 2.24) is 0 Å². The Bertz CT molecular complexity index is 686. The number of nitro benzene ring substituents is 1. The number of halogens is 1. The maximum atomic E-state index is 11.0. The summed E-state index contributed by atoms with van der Waals surface area (Å²) < 4.78 is 5.42. The number of ether oxygens (including phenoxy) is 1. The van der Waals surface area contributed by atoms with E-state index in [0.717, 1.165) is 5.56 Å². The smallest absolute Gasteiger partial charge is 0.311 e. The van der Waals surface area contributed by atoms with Crippen LogP contribution in [0, 0.1) is 10.1 Å². The number of rotatable bonds is 5. The summed E-state index contributed by atoms with van der Waals surface area (Å²) in [6.07, 6.45) is 0. The molecule has 7 heteroatoms. The number of nitro groups is 1. The van der Waals surface area contributed by atoms with Crippen LogP contribution in [0.1, 0.15) is 15.9 Å². The first kappa shape index (κ1) is 14.8. The van der Waals surface area contributed by atoms with Crippen LogP contribution in [-0.4, -0.2) is 10.8 Å². The maximum absolute atomic E-state index is 11.0. The summed E-state index contributed by atoms with van der Waals surface area (Å²) >= 11 is 5.80. The van der Waals surface area contributed by atoms with Gasteiger partial charge in [0.25, 0.3) is 0 Å². The van der Waals surface area contributed by atoms with Crippen molar-refractivity contribution < 1.29 is 14.5 Å². The molecule has 0 fully saturated rings. The Kier molecular flexibility index (Phi) is 4.39. The quantitative estimate of drug-likeness (QED) is 0.678. The topological polar surface area (TPSA) is 95.5 Å². The number of benzene rings is 2. The van der Waals surface area contributed by atoms with Crippen LogP contribution in [0.4, 0.5) is 5.69 Å². The van der Waals surface area contributed by atoms with Crippen LogP contribution < -0.4 is 10.5 Å². The lowest BCUT2D eigenvalue weighted by atomic mass is 10.1. The van der Waals surface area contributed by atoms with E-state index in [1.807, 2.05) is 0 Å². The second-order valence-corrected chi connectivity index (χ2v) is 4.66. The third kappa shape index (κ3) is 3.70. The van der Waals surface area contributed by atoms with Gasteiger partial charge in [-0.15, -0.1) is 0 Å². The van der Waals surface area contributed by atoms with Gasteiger partial charge in [0.15, 0.2) is 5.75 Å². The van der Waals surface area contributed by atoms with E-state index in [2.05, 4.69) is 0 Å². The molecule has 0 saturated carbocycles. The third-order valence-corrected chi connectivity index (χ3v) is 2.99. The predicted molar refractivity (Wildman–Crippen MR) is 77.4 cm³/mol. The van der Waals surface area contributed by atoms with Crippen molar-refractivity contribution in [2.45, 2.75) is 6.61 Å². The van der Waals surface area contributed by atoms with Crippen LogP contribution in [0.15, 0.2) is 42.5 Å². The van der Waals surface area contributed by atoms with Crippen LogP contribution in [0.25, 0.3) is 0 Å². The lowest BCUT2D eigenvalue weighted by molar-refractivity contribution is -0.385. The van der Waals surface area contributed by atoms with Gasteiger partial charge in [0.2, 0.25) is 5.91 Å². The van der Waals surface area contributed by atoms with Crippen molar-refractivity contribution in [1.29, 1.82) is 0 Å². The molecule has 0 aromatic heterocycles. The van der Waals surface area contributed by atoms with Crippen LogP contribution in [-0.2, 0) is 6.61 Å². The molecule has 2 aromatic carbocycles. The molecule has 2 N–H and O–H groups in total. The fourth-order valence-corrected chi connectivity index (χ4v) is 1.84. The molecule has 2 aromatic rings. The Morgan fingerprint density at radius 3 is 2.48 bits per heavy atom.